The Morgan fingerprint density at radius 1 is 1.15 bits per heavy atom. The van der Waals surface area contributed by atoms with Crippen LogP contribution in [0.1, 0.15) is 16.7 Å². The molecule has 1 aromatic carbocycles. The van der Waals surface area contributed by atoms with E-state index < -0.39 is 17.6 Å². The quantitative estimate of drug-likeness (QED) is 0.278. The summed E-state index contributed by atoms with van der Waals surface area (Å²) in [5.74, 6) is 0.110. The smallest absolute Gasteiger partial charge is 0.421 e. The molecule has 5 nitrogen and oxygen atoms in total. The van der Waals surface area contributed by atoms with Crippen molar-refractivity contribution in [2.24, 2.45) is 4.99 Å². The fourth-order valence-corrected chi connectivity index (χ4v) is 2.25. The number of rotatable bonds is 6. The van der Waals surface area contributed by atoms with Gasteiger partial charge in [-0.2, -0.15) is 13.2 Å². The Hall–Kier alpha value is -2.04. The summed E-state index contributed by atoms with van der Waals surface area (Å²) in [6, 6.07) is 10.1. The highest BCUT2D eigenvalue weighted by atomic mass is 127. The van der Waals surface area contributed by atoms with E-state index in [1.54, 1.807) is 7.05 Å². The van der Waals surface area contributed by atoms with Gasteiger partial charge in [-0.05, 0) is 30.2 Å². The number of guanidine groups is 1. The van der Waals surface area contributed by atoms with E-state index in [2.05, 4.69) is 20.6 Å². The predicted octanol–water partition coefficient (Wildman–Crippen LogP) is 3.77. The van der Waals surface area contributed by atoms with Crippen molar-refractivity contribution in [2.75, 3.05) is 20.2 Å². The van der Waals surface area contributed by atoms with Crippen molar-refractivity contribution in [3.8, 4) is 5.88 Å². The topological polar surface area (TPSA) is 58.5 Å². The summed E-state index contributed by atoms with van der Waals surface area (Å²) in [6.07, 6.45) is -3.23. The summed E-state index contributed by atoms with van der Waals surface area (Å²) in [5, 5.41) is 6.14. The molecule has 0 aliphatic heterocycles. The number of hydrogen-bond donors (Lipinski definition) is 2. The Morgan fingerprint density at radius 3 is 2.56 bits per heavy atom. The van der Waals surface area contributed by atoms with E-state index in [1.807, 2.05) is 31.2 Å². The number of hydrogen-bond acceptors (Lipinski definition) is 3. The SMILES string of the molecule is CN=C(NCCOc1ncccc1C(F)(F)F)NCc1ccccc1C.I. The molecule has 0 fully saturated rings. The Labute approximate surface area is 173 Å². The van der Waals surface area contributed by atoms with Crippen molar-refractivity contribution < 1.29 is 17.9 Å². The van der Waals surface area contributed by atoms with Gasteiger partial charge in [-0.25, -0.2) is 4.98 Å². The number of nitrogens with zero attached hydrogens (tertiary/aromatic N) is 2. The maximum Gasteiger partial charge on any atom is 0.421 e. The molecule has 148 valence electrons. The normalized spacial score (nSPS) is 11.5. The molecule has 0 aliphatic carbocycles. The van der Waals surface area contributed by atoms with Crippen LogP contribution in [0, 0.1) is 6.92 Å². The van der Waals surface area contributed by atoms with Gasteiger partial charge in [0.2, 0.25) is 5.88 Å². The molecule has 0 unspecified atom stereocenters. The van der Waals surface area contributed by atoms with Crippen molar-refractivity contribution in [1.29, 1.82) is 0 Å². The standard InChI is InChI=1S/C18H21F3N4O.HI/c1-13-6-3-4-7-14(13)12-25-17(22-2)24-10-11-26-16-15(18(19,20)21)8-5-9-23-16;/h3-9H,10-12H2,1-2H3,(H2,22,24,25);1H. The van der Waals surface area contributed by atoms with Gasteiger partial charge >= 0.3 is 6.18 Å². The lowest BCUT2D eigenvalue weighted by Crippen LogP contribution is -2.39. The second-order valence-corrected chi connectivity index (χ2v) is 5.48. The first-order valence-corrected chi connectivity index (χ1v) is 8.06. The number of aryl methyl sites for hydroxylation is 1. The van der Waals surface area contributed by atoms with Crippen LogP contribution in [0.3, 0.4) is 0 Å². The van der Waals surface area contributed by atoms with Gasteiger partial charge in [-0.3, -0.25) is 4.99 Å². The minimum absolute atomic E-state index is 0. The molecule has 2 N–H and O–H groups in total. The molecule has 1 aromatic heterocycles. The lowest BCUT2D eigenvalue weighted by molar-refractivity contribution is -0.139. The van der Waals surface area contributed by atoms with E-state index in [-0.39, 0.29) is 37.1 Å². The zero-order chi connectivity index (χ0) is 19.0. The highest BCUT2D eigenvalue weighted by Gasteiger charge is 2.34. The molecule has 9 heteroatoms. The minimum Gasteiger partial charge on any atom is -0.475 e. The second-order valence-electron chi connectivity index (χ2n) is 5.48. The molecular weight excluding hydrogens is 472 g/mol. The van der Waals surface area contributed by atoms with Crippen molar-refractivity contribution in [3.05, 3.63) is 59.3 Å². The molecule has 2 rings (SSSR count). The minimum atomic E-state index is -4.50. The van der Waals surface area contributed by atoms with Gasteiger partial charge in [0.1, 0.15) is 12.2 Å². The second kappa shape index (κ2) is 11.0. The predicted molar refractivity (Wildman–Crippen MR) is 110 cm³/mol. The lowest BCUT2D eigenvalue weighted by Gasteiger charge is -2.15. The van der Waals surface area contributed by atoms with Crippen LogP contribution in [-0.4, -0.2) is 31.1 Å². The van der Waals surface area contributed by atoms with Crippen LogP contribution in [0.5, 0.6) is 5.88 Å². The summed E-state index contributed by atoms with van der Waals surface area (Å²) < 4.78 is 43.8. The van der Waals surface area contributed by atoms with Gasteiger partial charge in [0.25, 0.3) is 0 Å². The lowest BCUT2D eigenvalue weighted by atomic mass is 10.1. The van der Waals surface area contributed by atoms with Gasteiger partial charge in [-0.15, -0.1) is 24.0 Å². The van der Waals surface area contributed by atoms with E-state index in [4.69, 9.17) is 4.74 Å². The van der Waals surface area contributed by atoms with E-state index in [0.29, 0.717) is 12.5 Å². The third-order valence-corrected chi connectivity index (χ3v) is 3.64. The zero-order valence-corrected chi connectivity index (χ0v) is 17.3. The molecule has 0 spiro atoms. The summed E-state index contributed by atoms with van der Waals surface area (Å²) in [4.78, 5) is 7.73. The largest absolute Gasteiger partial charge is 0.475 e. The number of nitrogens with one attached hydrogen (secondary N) is 2. The van der Waals surface area contributed by atoms with Gasteiger partial charge in [-0.1, -0.05) is 24.3 Å². The summed E-state index contributed by atoms with van der Waals surface area (Å²) >= 11 is 0. The van der Waals surface area contributed by atoms with Crippen LogP contribution >= 0.6 is 24.0 Å². The molecule has 0 saturated heterocycles. The maximum atomic E-state index is 12.9. The number of benzene rings is 1. The average molecular weight is 494 g/mol. The molecule has 0 amide bonds. The average Bonchev–Trinajstić information content (AvgIpc) is 2.62. The van der Waals surface area contributed by atoms with Crippen LogP contribution in [0.25, 0.3) is 0 Å². The van der Waals surface area contributed by atoms with Crippen molar-refractivity contribution in [1.82, 2.24) is 15.6 Å². The molecule has 2 aromatic rings. The van der Waals surface area contributed by atoms with E-state index in [9.17, 15) is 13.2 Å². The Balaban J connectivity index is 0.00000364. The van der Waals surface area contributed by atoms with Crippen LogP contribution in [0.15, 0.2) is 47.6 Å². The first kappa shape index (κ1) is 23.0. The number of aromatic nitrogens is 1. The van der Waals surface area contributed by atoms with E-state index in [1.165, 1.54) is 12.3 Å². The number of alkyl halides is 3. The highest BCUT2D eigenvalue weighted by Crippen LogP contribution is 2.34. The Kier molecular flexibility index (Phi) is 9.33. The Morgan fingerprint density at radius 2 is 1.89 bits per heavy atom. The van der Waals surface area contributed by atoms with Crippen LogP contribution in [0.2, 0.25) is 0 Å². The van der Waals surface area contributed by atoms with Gasteiger partial charge in [0.15, 0.2) is 5.96 Å². The monoisotopic (exact) mass is 494 g/mol. The molecule has 0 saturated carbocycles. The maximum absolute atomic E-state index is 12.9. The fourth-order valence-electron chi connectivity index (χ4n) is 2.25. The highest BCUT2D eigenvalue weighted by molar-refractivity contribution is 14.0. The van der Waals surface area contributed by atoms with Crippen molar-refractivity contribution >= 4 is 29.9 Å². The third kappa shape index (κ3) is 7.24. The zero-order valence-electron chi connectivity index (χ0n) is 15.0. The molecular formula is C18H22F3IN4O. The summed E-state index contributed by atoms with van der Waals surface area (Å²) in [7, 11) is 1.62. The van der Waals surface area contributed by atoms with Crippen molar-refractivity contribution in [3.63, 3.8) is 0 Å². The Bertz CT molecular complexity index is 753. The van der Waals surface area contributed by atoms with Gasteiger partial charge in [0.05, 0.1) is 6.54 Å². The molecule has 0 bridgehead atoms. The fraction of sp³-hybridized carbons (Fsp3) is 0.333. The third-order valence-electron chi connectivity index (χ3n) is 3.64. The van der Waals surface area contributed by atoms with Crippen molar-refractivity contribution in [2.45, 2.75) is 19.6 Å². The number of aliphatic imine (C=N–C) groups is 1. The summed E-state index contributed by atoms with van der Waals surface area (Å²) in [5.41, 5.74) is 1.41. The molecule has 1 heterocycles. The van der Waals surface area contributed by atoms with E-state index >= 15 is 0 Å². The number of halogens is 4. The van der Waals surface area contributed by atoms with Crippen LogP contribution < -0.4 is 15.4 Å². The first-order chi connectivity index (χ1) is 12.4. The number of ether oxygens (including phenoxy) is 1. The molecule has 0 atom stereocenters. The number of pyridine rings is 1. The molecule has 0 radical (unpaired) electrons. The molecule has 27 heavy (non-hydrogen) atoms. The van der Waals surface area contributed by atoms with Gasteiger partial charge in [0, 0.05) is 19.8 Å². The van der Waals surface area contributed by atoms with Crippen LogP contribution in [-0.2, 0) is 12.7 Å². The molecule has 0 aliphatic rings. The first-order valence-electron chi connectivity index (χ1n) is 8.06. The van der Waals surface area contributed by atoms with Crippen LogP contribution in [0.4, 0.5) is 13.2 Å². The van der Waals surface area contributed by atoms with Gasteiger partial charge < -0.3 is 15.4 Å². The van der Waals surface area contributed by atoms with E-state index in [0.717, 1.165) is 17.2 Å². The summed E-state index contributed by atoms with van der Waals surface area (Å²) in [6.45, 7) is 2.91.